The van der Waals surface area contributed by atoms with Gasteiger partial charge in [0.25, 0.3) is 0 Å². The molecule has 0 atom stereocenters. The highest BCUT2D eigenvalue weighted by molar-refractivity contribution is 5.26. The molecule has 1 saturated carbocycles. The van der Waals surface area contributed by atoms with Crippen LogP contribution in [0.15, 0.2) is 42.6 Å². The van der Waals surface area contributed by atoms with Crippen LogP contribution < -0.4 is 5.32 Å². The first-order valence-electron chi connectivity index (χ1n) is 8.30. The lowest BCUT2D eigenvalue weighted by atomic mass is 9.71. The van der Waals surface area contributed by atoms with Gasteiger partial charge in [-0.2, -0.15) is 0 Å². The van der Waals surface area contributed by atoms with Crippen LogP contribution in [0.5, 0.6) is 5.75 Å². The molecule has 0 aliphatic heterocycles. The van der Waals surface area contributed by atoms with Gasteiger partial charge in [0.15, 0.2) is 0 Å². The number of hydrogen-bond donors (Lipinski definition) is 2. The molecule has 0 radical (unpaired) electrons. The SMILES string of the molecule is Cn1cccc1C1(CNCc2ccc(O)cc2)CCCCC1. The van der Waals surface area contributed by atoms with Gasteiger partial charge in [0, 0.05) is 37.4 Å². The van der Waals surface area contributed by atoms with Crippen LogP contribution in [0.4, 0.5) is 0 Å². The second kappa shape index (κ2) is 6.57. The Morgan fingerprint density at radius 3 is 2.45 bits per heavy atom. The van der Waals surface area contributed by atoms with Crippen molar-refractivity contribution in [3.05, 3.63) is 53.9 Å². The lowest BCUT2D eigenvalue weighted by molar-refractivity contribution is 0.267. The number of nitrogens with one attached hydrogen (secondary N) is 1. The molecule has 1 aromatic carbocycles. The Balaban J connectivity index is 1.68. The van der Waals surface area contributed by atoms with E-state index in [0.717, 1.165) is 13.1 Å². The third-order valence-electron chi connectivity index (χ3n) is 5.03. The molecule has 3 nitrogen and oxygen atoms in total. The van der Waals surface area contributed by atoms with E-state index >= 15 is 0 Å². The van der Waals surface area contributed by atoms with Crippen LogP contribution in [-0.4, -0.2) is 16.2 Å². The Morgan fingerprint density at radius 1 is 1.09 bits per heavy atom. The first-order chi connectivity index (χ1) is 10.7. The average molecular weight is 298 g/mol. The predicted molar refractivity (Wildman–Crippen MR) is 90.0 cm³/mol. The van der Waals surface area contributed by atoms with E-state index in [-0.39, 0.29) is 5.41 Å². The largest absolute Gasteiger partial charge is 0.508 e. The molecule has 3 heteroatoms. The van der Waals surface area contributed by atoms with Crippen LogP contribution in [0.2, 0.25) is 0 Å². The highest BCUT2D eigenvalue weighted by Gasteiger charge is 2.35. The summed E-state index contributed by atoms with van der Waals surface area (Å²) in [5.41, 5.74) is 2.95. The molecule has 1 heterocycles. The van der Waals surface area contributed by atoms with E-state index < -0.39 is 0 Å². The van der Waals surface area contributed by atoms with E-state index in [4.69, 9.17) is 0 Å². The first kappa shape index (κ1) is 15.2. The van der Waals surface area contributed by atoms with Crippen LogP contribution in [0.3, 0.4) is 0 Å². The van der Waals surface area contributed by atoms with Gasteiger partial charge in [-0.25, -0.2) is 0 Å². The molecule has 2 aromatic rings. The number of aromatic hydroxyl groups is 1. The number of aromatic nitrogens is 1. The van der Waals surface area contributed by atoms with Crippen molar-refractivity contribution in [2.45, 2.75) is 44.1 Å². The Hall–Kier alpha value is -1.74. The number of phenolic OH excluding ortho intramolecular Hbond substituents is 1. The predicted octanol–water partition coefficient (Wildman–Crippen LogP) is 3.72. The normalized spacial score (nSPS) is 17.5. The Labute approximate surface area is 133 Å². The van der Waals surface area contributed by atoms with Gasteiger partial charge >= 0.3 is 0 Å². The summed E-state index contributed by atoms with van der Waals surface area (Å²) >= 11 is 0. The first-order valence-corrected chi connectivity index (χ1v) is 8.30. The van der Waals surface area contributed by atoms with E-state index in [1.807, 2.05) is 12.1 Å². The summed E-state index contributed by atoms with van der Waals surface area (Å²) in [5, 5.41) is 13.0. The molecule has 1 fully saturated rings. The minimum Gasteiger partial charge on any atom is -0.508 e. The summed E-state index contributed by atoms with van der Waals surface area (Å²) in [5.74, 6) is 0.330. The van der Waals surface area contributed by atoms with E-state index in [1.165, 1.54) is 43.4 Å². The van der Waals surface area contributed by atoms with Gasteiger partial charge in [-0.15, -0.1) is 0 Å². The maximum absolute atomic E-state index is 9.36. The molecular formula is C19H26N2O. The zero-order valence-corrected chi connectivity index (χ0v) is 13.4. The second-order valence-corrected chi connectivity index (χ2v) is 6.62. The number of rotatable bonds is 5. The van der Waals surface area contributed by atoms with Gasteiger partial charge in [-0.05, 0) is 42.7 Å². The molecule has 0 saturated heterocycles. The summed E-state index contributed by atoms with van der Waals surface area (Å²) in [6, 6.07) is 11.9. The minimum absolute atomic E-state index is 0.271. The third kappa shape index (κ3) is 3.20. The fourth-order valence-electron chi connectivity index (χ4n) is 3.82. The van der Waals surface area contributed by atoms with Crippen molar-refractivity contribution in [1.82, 2.24) is 9.88 Å². The highest BCUT2D eigenvalue weighted by Crippen LogP contribution is 2.39. The quantitative estimate of drug-likeness (QED) is 0.882. The van der Waals surface area contributed by atoms with E-state index in [1.54, 1.807) is 12.1 Å². The van der Waals surface area contributed by atoms with Crippen LogP contribution in [0.1, 0.15) is 43.4 Å². The fraction of sp³-hybridized carbons (Fsp3) is 0.474. The van der Waals surface area contributed by atoms with Gasteiger partial charge in [-0.1, -0.05) is 31.4 Å². The molecule has 22 heavy (non-hydrogen) atoms. The maximum atomic E-state index is 9.36. The fourth-order valence-corrected chi connectivity index (χ4v) is 3.82. The second-order valence-electron chi connectivity index (χ2n) is 6.62. The molecule has 0 unspecified atom stereocenters. The number of hydrogen-bond acceptors (Lipinski definition) is 2. The van der Waals surface area contributed by atoms with Crippen molar-refractivity contribution in [2.24, 2.45) is 7.05 Å². The Kier molecular flexibility index (Phi) is 4.53. The average Bonchev–Trinajstić information content (AvgIpc) is 2.97. The zero-order valence-electron chi connectivity index (χ0n) is 13.4. The van der Waals surface area contributed by atoms with Crippen LogP contribution in [0.25, 0.3) is 0 Å². The summed E-state index contributed by atoms with van der Waals surface area (Å²) in [6.45, 7) is 1.87. The van der Waals surface area contributed by atoms with E-state index in [2.05, 4.69) is 35.3 Å². The molecule has 0 spiro atoms. The van der Waals surface area contributed by atoms with Crippen molar-refractivity contribution in [3.8, 4) is 5.75 Å². The number of phenols is 1. The smallest absolute Gasteiger partial charge is 0.115 e. The van der Waals surface area contributed by atoms with Crippen molar-refractivity contribution in [2.75, 3.05) is 6.54 Å². The lowest BCUT2D eigenvalue weighted by Crippen LogP contribution is -2.41. The van der Waals surface area contributed by atoms with Gasteiger partial charge in [-0.3, -0.25) is 0 Å². The molecule has 0 bridgehead atoms. The Bertz CT molecular complexity index is 594. The van der Waals surface area contributed by atoms with Crippen molar-refractivity contribution < 1.29 is 5.11 Å². The van der Waals surface area contributed by atoms with E-state index in [9.17, 15) is 5.11 Å². The van der Waals surface area contributed by atoms with Crippen molar-refractivity contribution in [3.63, 3.8) is 0 Å². The molecule has 3 rings (SSSR count). The van der Waals surface area contributed by atoms with Crippen molar-refractivity contribution >= 4 is 0 Å². The van der Waals surface area contributed by atoms with Gasteiger partial charge in [0.1, 0.15) is 5.75 Å². The lowest BCUT2D eigenvalue weighted by Gasteiger charge is -2.38. The number of nitrogens with zero attached hydrogens (tertiary/aromatic N) is 1. The summed E-state index contributed by atoms with van der Waals surface area (Å²) in [7, 11) is 2.16. The van der Waals surface area contributed by atoms with Gasteiger partial charge in [0.05, 0.1) is 0 Å². The monoisotopic (exact) mass is 298 g/mol. The molecule has 0 amide bonds. The molecular weight excluding hydrogens is 272 g/mol. The van der Waals surface area contributed by atoms with Gasteiger partial charge in [0.2, 0.25) is 0 Å². The van der Waals surface area contributed by atoms with Crippen LogP contribution in [0, 0.1) is 0 Å². The van der Waals surface area contributed by atoms with Gasteiger partial charge < -0.3 is 15.0 Å². The molecule has 1 aliphatic carbocycles. The Morgan fingerprint density at radius 2 is 1.82 bits per heavy atom. The topological polar surface area (TPSA) is 37.2 Å². The number of benzene rings is 1. The van der Waals surface area contributed by atoms with Crippen LogP contribution in [-0.2, 0) is 19.0 Å². The molecule has 2 N–H and O–H groups in total. The summed E-state index contributed by atoms with van der Waals surface area (Å²) < 4.78 is 2.29. The zero-order chi connectivity index (χ0) is 15.4. The molecule has 118 valence electrons. The van der Waals surface area contributed by atoms with Crippen LogP contribution >= 0.6 is 0 Å². The van der Waals surface area contributed by atoms with Crippen molar-refractivity contribution in [1.29, 1.82) is 0 Å². The van der Waals surface area contributed by atoms with E-state index in [0.29, 0.717) is 5.75 Å². The molecule has 1 aromatic heterocycles. The summed E-state index contributed by atoms with van der Waals surface area (Å²) in [6.07, 6.45) is 8.72. The number of aryl methyl sites for hydroxylation is 1. The minimum atomic E-state index is 0.271. The highest BCUT2D eigenvalue weighted by atomic mass is 16.3. The summed E-state index contributed by atoms with van der Waals surface area (Å²) in [4.78, 5) is 0. The maximum Gasteiger partial charge on any atom is 0.115 e. The standard InChI is InChI=1S/C19H26N2O/c1-21-13-5-6-18(21)19(11-3-2-4-12-19)15-20-14-16-7-9-17(22)10-8-16/h5-10,13,20,22H,2-4,11-12,14-15H2,1H3. The molecule has 1 aliphatic rings. The third-order valence-corrected chi connectivity index (χ3v) is 5.03.